The summed E-state index contributed by atoms with van der Waals surface area (Å²) in [6, 6.07) is 2.79. The van der Waals surface area contributed by atoms with E-state index in [1.807, 2.05) is 20.8 Å². The number of furan rings is 1. The molecule has 0 spiro atoms. The molecule has 1 aliphatic carbocycles. The minimum atomic E-state index is -3.72. The van der Waals surface area contributed by atoms with Crippen LogP contribution in [0.4, 0.5) is 0 Å². The van der Waals surface area contributed by atoms with Crippen molar-refractivity contribution in [2.24, 2.45) is 0 Å². The van der Waals surface area contributed by atoms with Gasteiger partial charge in [0.15, 0.2) is 5.76 Å². The fraction of sp³-hybridized carbons (Fsp3) is 0.471. The lowest BCUT2D eigenvalue weighted by atomic mass is 9.95. The normalized spacial score (nSPS) is 16.9. The Hall–Kier alpha value is -1.86. The average molecular weight is 350 g/mol. The van der Waals surface area contributed by atoms with Gasteiger partial charge >= 0.3 is 0 Å². The highest BCUT2D eigenvalue weighted by molar-refractivity contribution is 7.89. The van der Waals surface area contributed by atoms with Crippen molar-refractivity contribution >= 4 is 10.0 Å². The molecule has 0 aliphatic heterocycles. The lowest BCUT2D eigenvalue weighted by Crippen LogP contribution is -2.34. The SMILES string of the molecule is Cc1noc(-c2ccc(S(=O)(=O)N[C@H](C)C3=CCCCC3)o2)c1C. The van der Waals surface area contributed by atoms with Crippen molar-refractivity contribution in [1.82, 2.24) is 9.88 Å². The van der Waals surface area contributed by atoms with Crippen LogP contribution in [0.2, 0.25) is 0 Å². The van der Waals surface area contributed by atoms with Crippen LogP contribution < -0.4 is 4.72 Å². The van der Waals surface area contributed by atoms with Gasteiger partial charge in [-0.2, -0.15) is 0 Å². The molecule has 1 aliphatic rings. The number of sulfonamides is 1. The average Bonchev–Trinajstić information content (AvgIpc) is 3.16. The summed E-state index contributed by atoms with van der Waals surface area (Å²) in [6.45, 7) is 5.54. The first-order chi connectivity index (χ1) is 11.4. The first-order valence-electron chi connectivity index (χ1n) is 8.13. The molecule has 0 saturated carbocycles. The highest BCUT2D eigenvalue weighted by Crippen LogP contribution is 2.29. The van der Waals surface area contributed by atoms with Crippen LogP contribution in [0.5, 0.6) is 0 Å². The second-order valence-electron chi connectivity index (χ2n) is 6.21. The maximum absolute atomic E-state index is 12.5. The van der Waals surface area contributed by atoms with Crippen molar-refractivity contribution in [3.63, 3.8) is 0 Å². The number of hydrogen-bond donors (Lipinski definition) is 1. The van der Waals surface area contributed by atoms with Crippen molar-refractivity contribution < 1.29 is 17.4 Å². The maximum Gasteiger partial charge on any atom is 0.274 e. The number of nitrogens with one attached hydrogen (secondary N) is 1. The third-order valence-corrected chi connectivity index (χ3v) is 5.85. The van der Waals surface area contributed by atoms with Gasteiger partial charge in [0, 0.05) is 11.6 Å². The van der Waals surface area contributed by atoms with Crippen molar-refractivity contribution in [2.45, 2.75) is 57.6 Å². The molecule has 0 bridgehead atoms. The van der Waals surface area contributed by atoms with Gasteiger partial charge in [0.2, 0.25) is 10.9 Å². The quantitative estimate of drug-likeness (QED) is 0.831. The van der Waals surface area contributed by atoms with E-state index in [1.165, 1.54) is 12.5 Å². The van der Waals surface area contributed by atoms with Gasteiger partial charge in [-0.3, -0.25) is 0 Å². The van der Waals surface area contributed by atoms with Crippen LogP contribution in [0, 0.1) is 13.8 Å². The highest BCUT2D eigenvalue weighted by Gasteiger charge is 2.25. The Labute approximate surface area is 142 Å². The topological polar surface area (TPSA) is 85.3 Å². The minimum absolute atomic E-state index is 0.116. The predicted molar refractivity (Wildman–Crippen MR) is 90.0 cm³/mol. The molecule has 6 nitrogen and oxygen atoms in total. The van der Waals surface area contributed by atoms with Crippen LogP contribution in [-0.4, -0.2) is 19.6 Å². The summed E-state index contributed by atoms with van der Waals surface area (Å²) in [5.74, 6) is 0.815. The molecule has 0 aromatic carbocycles. The molecule has 2 heterocycles. The lowest BCUT2D eigenvalue weighted by Gasteiger charge is -2.20. The van der Waals surface area contributed by atoms with Crippen molar-refractivity contribution in [1.29, 1.82) is 0 Å². The number of aryl methyl sites for hydroxylation is 1. The zero-order valence-electron chi connectivity index (χ0n) is 14.1. The van der Waals surface area contributed by atoms with Gasteiger partial charge in [0.1, 0.15) is 0 Å². The van der Waals surface area contributed by atoms with E-state index >= 15 is 0 Å². The van der Waals surface area contributed by atoms with Crippen molar-refractivity contribution in [3.8, 4) is 11.5 Å². The van der Waals surface area contributed by atoms with E-state index in [9.17, 15) is 8.42 Å². The Morgan fingerprint density at radius 1 is 1.25 bits per heavy atom. The second-order valence-corrected chi connectivity index (χ2v) is 7.85. The van der Waals surface area contributed by atoms with Crippen molar-refractivity contribution in [2.75, 3.05) is 0 Å². The Morgan fingerprint density at radius 2 is 2.04 bits per heavy atom. The van der Waals surface area contributed by atoms with Gasteiger partial charge in [0.05, 0.1) is 5.69 Å². The maximum atomic E-state index is 12.5. The third kappa shape index (κ3) is 3.32. The summed E-state index contributed by atoms with van der Waals surface area (Å²) in [4.78, 5) is 0. The minimum Gasteiger partial charge on any atom is -0.440 e. The van der Waals surface area contributed by atoms with Crippen LogP contribution in [0.15, 0.2) is 37.8 Å². The van der Waals surface area contributed by atoms with Gasteiger partial charge in [-0.25, -0.2) is 13.1 Å². The summed E-state index contributed by atoms with van der Waals surface area (Å²) in [6.07, 6.45) is 6.35. The van der Waals surface area contributed by atoms with E-state index in [0.717, 1.165) is 36.1 Å². The fourth-order valence-corrected chi connectivity index (χ4v) is 4.03. The number of rotatable bonds is 5. The van der Waals surface area contributed by atoms with E-state index in [2.05, 4.69) is 16.0 Å². The molecule has 2 aromatic heterocycles. The molecule has 7 heteroatoms. The van der Waals surface area contributed by atoms with E-state index in [1.54, 1.807) is 6.07 Å². The Morgan fingerprint density at radius 3 is 2.67 bits per heavy atom. The molecular weight excluding hydrogens is 328 g/mol. The van der Waals surface area contributed by atoms with Crippen LogP contribution in [0.3, 0.4) is 0 Å². The van der Waals surface area contributed by atoms with Crippen LogP contribution in [0.1, 0.15) is 43.9 Å². The molecular formula is C17H22N2O4S. The summed E-state index contributed by atoms with van der Waals surface area (Å²) >= 11 is 0. The van der Waals surface area contributed by atoms with Gasteiger partial charge in [-0.15, -0.1) is 0 Å². The Bertz CT molecular complexity index is 861. The molecule has 130 valence electrons. The summed E-state index contributed by atoms with van der Waals surface area (Å²) in [5.41, 5.74) is 2.72. The van der Waals surface area contributed by atoms with Crippen LogP contribution >= 0.6 is 0 Å². The summed E-state index contributed by atoms with van der Waals surface area (Å²) in [5, 5.41) is 3.75. The molecule has 1 atom stereocenters. The Balaban J connectivity index is 1.80. The molecule has 0 radical (unpaired) electrons. The monoisotopic (exact) mass is 350 g/mol. The molecule has 0 fully saturated rings. The Kier molecular flexibility index (Phi) is 4.64. The first kappa shape index (κ1) is 17.0. The molecule has 0 amide bonds. The zero-order chi connectivity index (χ0) is 17.3. The molecule has 0 saturated heterocycles. The predicted octanol–water partition coefficient (Wildman–Crippen LogP) is 3.72. The number of nitrogens with zero attached hydrogens (tertiary/aromatic N) is 1. The largest absolute Gasteiger partial charge is 0.440 e. The second kappa shape index (κ2) is 6.57. The number of aromatic nitrogens is 1. The van der Waals surface area contributed by atoms with E-state index < -0.39 is 10.0 Å². The van der Waals surface area contributed by atoms with Gasteiger partial charge in [0.25, 0.3) is 10.0 Å². The summed E-state index contributed by atoms with van der Waals surface area (Å²) < 4.78 is 38.5. The fourth-order valence-electron chi connectivity index (χ4n) is 2.85. The lowest BCUT2D eigenvalue weighted by molar-refractivity contribution is 0.396. The highest BCUT2D eigenvalue weighted by atomic mass is 32.2. The van der Waals surface area contributed by atoms with E-state index in [0.29, 0.717) is 11.5 Å². The molecule has 24 heavy (non-hydrogen) atoms. The van der Waals surface area contributed by atoms with E-state index in [-0.39, 0.29) is 11.1 Å². The van der Waals surface area contributed by atoms with Crippen molar-refractivity contribution in [3.05, 3.63) is 35.0 Å². The molecule has 3 rings (SSSR count). The third-order valence-electron chi connectivity index (χ3n) is 4.44. The van der Waals surface area contributed by atoms with E-state index in [4.69, 9.17) is 8.94 Å². The standard InChI is InChI=1S/C17H22N2O4S/c1-11-12(2)18-23-17(11)15-9-10-16(22-15)24(20,21)19-13(3)14-7-5-4-6-8-14/h7,9-10,13,19H,4-6,8H2,1-3H3/t13-/m1/s1. The van der Waals surface area contributed by atoms with Crippen LogP contribution in [-0.2, 0) is 10.0 Å². The molecule has 0 unspecified atom stereocenters. The zero-order valence-corrected chi connectivity index (χ0v) is 14.9. The first-order valence-corrected chi connectivity index (χ1v) is 9.61. The van der Waals surface area contributed by atoms with Crippen LogP contribution in [0.25, 0.3) is 11.5 Å². The smallest absolute Gasteiger partial charge is 0.274 e. The number of allylic oxidation sites excluding steroid dienone is 1. The van der Waals surface area contributed by atoms with Gasteiger partial charge in [-0.05, 0) is 58.6 Å². The summed E-state index contributed by atoms with van der Waals surface area (Å²) in [7, 11) is -3.72. The number of hydrogen-bond acceptors (Lipinski definition) is 5. The van der Waals surface area contributed by atoms with Gasteiger partial charge in [-0.1, -0.05) is 16.8 Å². The van der Waals surface area contributed by atoms with Gasteiger partial charge < -0.3 is 8.94 Å². The molecule has 1 N–H and O–H groups in total. The molecule has 2 aromatic rings.